The highest BCUT2D eigenvalue weighted by Gasteiger charge is 2.28. The molecule has 0 saturated heterocycles. The van der Waals surface area contributed by atoms with Crippen LogP contribution in [0.2, 0.25) is 0 Å². The summed E-state index contributed by atoms with van der Waals surface area (Å²) in [5.41, 5.74) is 3.48. The normalized spacial score (nSPS) is 12.3. The number of aryl methyl sites for hydroxylation is 1. The molecule has 8 rings (SSSR count). The largest absolute Gasteiger partial charge is 0.497 e. The van der Waals surface area contributed by atoms with Gasteiger partial charge in [0.25, 0.3) is 10.1 Å². The van der Waals surface area contributed by atoms with Crippen LogP contribution < -0.4 is 18.9 Å². The molecule has 0 amide bonds. The van der Waals surface area contributed by atoms with Crippen molar-refractivity contribution in [1.82, 2.24) is 0 Å². The molecular formula is C56H50O11S3. The van der Waals surface area contributed by atoms with Gasteiger partial charge in [0.2, 0.25) is 19.7 Å². The summed E-state index contributed by atoms with van der Waals surface area (Å²) in [7, 11) is -10.8. The maximum atomic E-state index is 13.6. The molecule has 14 heteroatoms. The Hall–Kier alpha value is -7.23. The highest BCUT2D eigenvalue weighted by molar-refractivity contribution is 7.91. The molecular weight excluding hydrogens is 945 g/mol. The molecule has 0 bridgehead atoms. The Bertz CT molecular complexity index is 3480. The van der Waals surface area contributed by atoms with Crippen LogP contribution in [-0.4, -0.2) is 36.9 Å². The summed E-state index contributed by atoms with van der Waals surface area (Å²) in [4.78, 5) is -0.101. The molecule has 1 N–H and O–H groups in total. The van der Waals surface area contributed by atoms with Crippen molar-refractivity contribution < 1.29 is 48.8 Å². The Labute approximate surface area is 409 Å². The Morgan fingerprint density at radius 1 is 0.371 bits per heavy atom. The molecule has 0 radical (unpaired) electrons. The van der Waals surface area contributed by atoms with E-state index in [0.29, 0.717) is 28.6 Å². The molecule has 0 saturated carbocycles. The van der Waals surface area contributed by atoms with E-state index in [1.807, 2.05) is 69.3 Å². The van der Waals surface area contributed by atoms with Gasteiger partial charge in [0.05, 0.1) is 26.7 Å². The number of hydrogen-bond donors (Lipinski definition) is 1. The van der Waals surface area contributed by atoms with Crippen molar-refractivity contribution in [3.8, 4) is 40.2 Å². The van der Waals surface area contributed by atoms with Gasteiger partial charge in [-0.3, -0.25) is 4.55 Å². The lowest BCUT2D eigenvalue weighted by Gasteiger charge is -2.27. The van der Waals surface area contributed by atoms with Crippen LogP contribution in [0.25, 0.3) is 0 Å². The summed E-state index contributed by atoms with van der Waals surface area (Å²) in [6.07, 6.45) is 0. The maximum absolute atomic E-state index is 13.6. The molecule has 0 atom stereocenters. The van der Waals surface area contributed by atoms with Crippen molar-refractivity contribution in [2.75, 3.05) is 7.11 Å². The highest BCUT2D eigenvalue weighted by atomic mass is 32.2. The zero-order chi connectivity index (χ0) is 50.1. The first-order valence-electron chi connectivity index (χ1n) is 22.0. The van der Waals surface area contributed by atoms with E-state index in [2.05, 4.69) is 26.0 Å². The summed E-state index contributed by atoms with van der Waals surface area (Å²) in [6, 6.07) is 51.8. The van der Waals surface area contributed by atoms with E-state index < -0.39 is 40.1 Å². The minimum Gasteiger partial charge on any atom is -0.497 e. The Balaban J connectivity index is 0.896. The van der Waals surface area contributed by atoms with Gasteiger partial charge in [-0.05, 0) is 163 Å². The maximum Gasteiger partial charge on any atom is 0.298 e. The van der Waals surface area contributed by atoms with Crippen molar-refractivity contribution in [1.29, 1.82) is 0 Å². The molecule has 8 aromatic carbocycles. The molecule has 0 aliphatic heterocycles. The number of methoxy groups -OCH3 is 1. The van der Waals surface area contributed by atoms with Crippen molar-refractivity contribution >= 4 is 29.8 Å². The Kier molecular flexibility index (Phi) is 13.6. The second-order valence-electron chi connectivity index (χ2n) is 17.7. The van der Waals surface area contributed by atoms with Crippen molar-refractivity contribution in [2.45, 2.75) is 69.9 Å². The summed E-state index contributed by atoms with van der Waals surface area (Å²) in [5, 5.41) is 0. The molecule has 0 unspecified atom stereocenters. The van der Waals surface area contributed by atoms with Gasteiger partial charge in [-0.15, -0.1) is 0 Å². The third-order valence-corrected chi connectivity index (χ3v) is 16.8. The quantitative estimate of drug-likeness (QED) is 0.0918. The van der Waals surface area contributed by atoms with Gasteiger partial charge in [0, 0.05) is 10.8 Å². The van der Waals surface area contributed by atoms with Gasteiger partial charge < -0.3 is 18.9 Å². The van der Waals surface area contributed by atoms with Crippen molar-refractivity contribution in [2.24, 2.45) is 0 Å². The first-order valence-corrected chi connectivity index (χ1v) is 26.4. The van der Waals surface area contributed by atoms with E-state index in [-0.39, 0.29) is 36.5 Å². The summed E-state index contributed by atoms with van der Waals surface area (Å²) in [6.45, 7) is 9.95. The van der Waals surface area contributed by atoms with Crippen LogP contribution in [0.3, 0.4) is 0 Å². The van der Waals surface area contributed by atoms with Crippen LogP contribution in [0.1, 0.15) is 55.5 Å². The Morgan fingerprint density at radius 2 is 0.657 bits per heavy atom. The van der Waals surface area contributed by atoms with Crippen LogP contribution in [0, 0.1) is 6.92 Å². The van der Waals surface area contributed by atoms with E-state index in [4.69, 9.17) is 18.9 Å². The standard InChI is InChI=1S/C56H50O11S3/c1-38-7-28-49(29-8-38)68(57,58)52-34-26-48(27-35-52)67-53-36-15-42(37-54(53)70(61,62)63)56(4,5)41-13-20-45(21-14-41)66-47-24-32-51(33-25-47)69(59,60)50-30-22-46(23-31-50)65-44-18-11-40(12-19-44)55(2,3)39-9-16-43(64-6)17-10-39/h7-37H,1-6H3,(H,61,62,63). The van der Waals surface area contributed by atoms with Gasteiger partial charge in [0.1, 0.15) is 45.1 Å². The number of benzene rings is 8. The van der Waals surface area contributed by atoms with Crippen LogP contribution >= 0.6 is 0 Å². The van der Waals surface area contributed by atoms with Gasteiger partial charge >= 0.3 is 0 Å². The van der Waals surface area contributed by atoms with E-state index in [1.165, 1.54) is 72.8 Å². The number of sulfone groups is 2. The van der Waals surface area contributed by atoms with Gasteiger partial charge in [0.15, 0.2) is 0 Å². The van der Waals surface area contributed by atoms with Gasteiger partial charge in [-0.2, -0.15) is 8.42 Å². The first-order chi connectivity index (χ1) is 33.1. The van der Waals surface area contributed by atoms with Crippen LogP contribution in [-0.2, 0) is 40.6 Å². The fourth-order valence-electron chi connectivity index (χ4n) is 7.85. The Morgan fingerprint density at radius 3 is 1.00 bits per heavy atom. The third-order valence-electron chi connectivity index (χ3n) is 12.3. The molecule has 70 heavy (non-hydrogen) atoms. The van der Waals surface area contributed by atoms with E-state index >= 15 is 0 Å². The summed E-state index contributed by atoms with van der Waals surface area (Å²) < 4.78 is 112. The molecule has 0 aliphatic carbocycles. The topological polar surface area (TPSA) is 160 Å². The second-order valence-corrected chi connectivity index (χ2v) is 23.0. The van der Waals surface area contributed by atoms with Crippen LogP contribution in [0.15, 0.2) is 213 Å². The zero-order valence-corrected chi connectivity index (χ0v) is 41.6. The average Bonchev–Trinajstić information content (AvgIpc) is 3.35. The lowest BCUT2D eigenvalue weighted by Crippen LogP contribution is -2.19. The summed E-state index contributed by atoms with van der Waals surface area (Å²) >= 11 is 0. The van der Waals surface area contributed by atoms with Crippen LogP contribution in [0.4, 0.5) is 0 Å². The smallest absolute Gasteiger partial charge is 0.298 e. The molecule has 11 nitrogen and oxygen atoms in total. The number of ether oxygens (including phenoxy) is 4. The SMILES string of the molecule is COc1ccc(C(C)(C)c2ccc(Oc3ccc(S(=O)(=O)c4ccc(Oc5ccc(C(C)(C)c6ccc(Oc7ccc(S(=O)(=O)c8ccc(C)cc8)cc7)c(S(=O)(=O)O)c6)cc5)cc4)cc3)cc2)cc1. The molecule has 0 aliphatic rings. The van der Waals surface area contributed by atoms with E-state index in [1.54, 1.807) is 61.7 Å². The summed E-state index contributed by atoms with van der Waals surface area (Å²) in [5.74, 6) is 2.79. The number of rotatable bonds is 16. The highest BCUT2D eigenvalue weighted by Crippen LogP contribution is 2.39. The molecule has 358 valence electrons. The fraction of sp³-hybridized carbons (Fsp3) is 0.143. The molecule has 0 aromatic heterocycles. The first kappa shape index (κ1) is 49.2. The van der Waals surface area contributed by atoms with Crippen molar-refractivity contribution in [3.05, 3.63) is 216 Å². The average molecular weight is 995 g/mol. The minimum absolute atomic E-state index is 0.0338. The van der Waals surface area contributed by atoms with Gasteiger partial charge in [-0.1, -0.05) is 87.9 Å². The molecule has 0 fully saturated rings. The van der Waals surface area contributed by atoms with Crippen LogP contribution in [0.5, 0.6) is 40.2 Å². The lowest BCUT2D eigenvalue weighted by atomic mass is 9.78. The lowest BCUT2D eigenvalue weighted by molar-refractivity contribution is 0.414. The van der Waals surface area contributed by atoms with E-state index in [0.717, 1.165) is 28.0 Å². The monoisotopic (exact) mass is 994 g/mol. The predicted molar refractivity (Wildman–Crippen MR) is 268 cm³/mol. The van der Waals surface area contributed by atoms with E-state index in [9.17, 15) is 29.8 Å². The molecule has 0 spiro atoms. The zero-order valence-electron chi connectivity index (χ0n) is 39.2. The molecule has 0 heterocycles. The second kappa shape index (κ2) is 19.3. The predicted octanol–water partition coefficient (Wildman–Crippen LogP) is 12.9. The third kappa shape index (κ3) is 10.5. The molecule has 8 aromatic rings. The fourth-order valence-corrected chi connectivity index (χ4v) is 11.0. The van der Waals surface area contributed by atoms with Gasteiger partial charge in [-0.25, -0.2) is 16.8 Å². The minimum atomic E-state index is -4.77. The number of hydrogen-bond acceptors (Lipinski definition) is 10. The van der Waals surface area contributed by atoms with Crippen molar-refractivity contribution in [3.63, 3.8) is 0 Å².